The molecule has 0 aromatic carbocycles. The summed E-state index contributed by atoms with van der Waals surface area (Å²) in [5.74, 6) is 0. The fourth-order valence-electron chi connectivity index (χ4n) is 5.65. The van der Waals surface area contributed by atoms with Gasteiger partial charge in [-0.1, -0.05) is 0 Å². The van der Waals surface area contributed by atoms with Gasteiger partial charge in [0.15, 0.2) is 0 Å². The minimum absolute atomic E-state index is 0.964. The Morgan fingerprint density at radius 1 is 0.167 bits per heavy atom. The molecule has 0 atom stereocenters. The molecule has 36 heavy (non-hydrogen) atoms. The molecule has 0 heterocycles. The summed E-state index contributed by atoms with van der Waals surface area (Å²) >= 11 is 0. The van der Waals surface area contributed by atoms with Crippen LogP contribution in [0.2, 0.25) is 0 Å². The molecule has 0 bridgehead atoms. The first-order valence-corrected chi connectivity index (χ1v) is 11.7. The fraction of sp³-hybridized carbons (Fsp3) is 0. The van der Waals surface area contributed by atoms with E-state index in [4.69, 9.17) is 147 Å². The SMILES string of the molecule is [B]B([B])B([B])B(B(B([B])[B])B([B])[B])B(B(B([B])[B])B([B])[B])B(B(B([B])[B])B([B])[B])B(B([B])[B])B([B])[B]. The van der Waals surface area contributed by atoms with Gasteiger partial charge in [0.05, 0.1) is 0 Å². The summed E-state index contributed by atoms with van der Waals surface area (Å²) in [5, 5.41) is 0. The Morgan fingerprint density at radius 3 is 0.500 bits per heavy atom. The van der Waals surface area contributed by atoms with Crippen LogP contribution in [0.3, 0.4) is 0 Å². The highest BCUT2D eigenvalue weighted by atomic mass is 13.4. The Balaban J connectivity index is 7.84. The molecule has 0 aromatic heterocycles. The lowest BCUT2D eigenvalue weighted by atomic mass is 8.29. The van der Waals surface area contributed by atoms with E-state index in [1.54, 1.807) is 0 Å². The highest BCUT2D eigenvalue weighted by molar-refractivity contribution is 8.30. The molecule has 36 heteroatoms. The smallest absolute Gasteiger partial charge is 0 e. The monoisotopic (exact) mass is 396 g/mol. The Kier molecular flexibility index (Phi) is 18.5. The van der Waals surface area contributed by atoms with Crippen LogP contribution >= 0.6 is 0 Å². The molecule has 0 nitrogen and oxygen atoms in total. The number of hydrogen-bond acceptors (Lipinski definition) is 0. The highest BCUT2D eigenvalue weighted by Gasteiger charge is 2.55. The van der Waals surface area contributed by atoms with Crippen molar-refractivity contribution in [3.63, 3.8) is 0 Å². The molecule has 0 unspecified atom stereocenters. The van der Waals surface area contributed by atoms with Crippen LogP contribution in [0.4, 0.5) is 0 Å². The van der Waals surface area contributed by atoms with E-state index in [-0.39, 0.29) is 0 Å². The van der Waals surface area contributed by atoms with Crippen molar-refractivity contribution in [3.8, 4) is 0 Å². The van der Waals surface area contributed by atoms with Gasteiger partial charge < -0.3 is 0 Å². The summed E-state index contributed by atoms with van der Waals surface area (Å²) in [7, 11) is 117. The van der Waals surface area contributed by atoms with Crippen LogP contribution in [0, 0.1) is 0 Å². The predicted molar refractivity (Wildman–Crippen MR) is 207 cm³/mol. The van der Waals surface area contributed by atoms with Gasteiger partial charge in [0.1, 0.15) is 0 Å². The minimum Gasteiger partial charge on any atom is 0 e. The summed E-state index contributed by atoms with van der Waals surface area (Å²) < 4.78 is 0. The van der Waals surface area contributed by atoms with Crippen molar-refractivity contribution in [1.29, 1.82) is 0 Å². The topological polar surface area (TPSA) is 0 Å². The fourth-order valence-corrected chi connectivity index (χ4v) is 5.65. The summed E-state index contributed by atoms with van der Waals surface area (Å²) in [6.45, 7) is 0. The summed E-state index contributed by atoms with van der Waals surface area (Å²) in [4.78, 5) is 0. The Hall–Kier alpha value is 2.34. The summed E-state index contributed by atoms with van der Waals surface area (Å²) in [6, 6.07) is 0. The van der Waals surface area contributed by atoms with Crippen LogP contribution in [0.5, 0.6) is 0 Å². The van der Waals surface area contributed by atoms with Crippen LogP contribution in [0.15, 0.2) is 0 Å². The maximum atomic E-state index is 6.53. The van der Waals surface area contributed by atoms with Gasteiger partial charge in [0, 0.05) is 256 Å². The maximum absolute atomic E-state index is 6.53. The van der Waals surface area contributed by atoms with Crippen molar-refractivity contribution in [3.05, 3.63) is 0 Å². The third-order valence-electron chi connectivity index (χ3n) is 7.11. The summed E-state index contributed by atoms with van der Waals surface area (Å²) in [6.07, 6.45) is -18.3. The zero-order valence-electron chi connectivity index (χ0n) is 20.8. The Bertz CT molecular complexity index is 509. The first kappa shape index (κ1) is 38.3. The lowest BCUT2D eigenvalue weighted by Crippen LogP contribution is -2.91. The van der Waals surface area contributed by atoms with Crippen molar-refractivity contribution >= 4 is 256 Å². The molecule has 0 saturated carbocycles. The molecule has 0 fully saturated rings. The molecule has 0 spiro atoms. The van der Waals surface area contributed by atoms with Crippen molar-refractivity contribution in [2.75, 3.05) is 0 Å². The van der Waals surface area contributed by atoms with E-state index >= 15 is 0 Å². The Morgan fingerprint density at radius 2 is 0.333 bits per heavy atom. The van der Waals surface area contributed by atoms with Crippen molar-refractivity contribution in [1.82, 2.24) is 0 Å². The van der Waals surface area contributed by atoms with Gasteiger partial charge >= 0.3 is 0 Å². The molecule has 0 rings (SSSR count). The van der Waals surface area contributed by atoms with Crippen LogP contribution in [-0.4, -0.2) is 256 Å². The van der Waals surface area contributed by atoms with Crippen LogP contribution in [0.1, 0.15) is 0 Å². The second kappa shape index (κ2) is 17.3. The molecule has 0 aliphatic carbocycles. The second-order valence-corrected chi connectivity index (χ2v) is 9.81. The van der Waals surface area contributed by atoms with E-state index in [1.807, 2.05) is 0 Å². The average molecular weight is 389 g/mol. The van der Waals surface area contributed by atoms with Crippen LogP contribution < -0.4 is 0 Å². The van der Waals surface area contributed by atoms with E-state index in [1.165, 1.54) is 0 Å². The third-order valence-corrected chi connectivity index (χ3v) is 7.11. The molecular formula is B36. The van der Waals surface area contributed by atoms with Crippen molar-refractivity contribution in [2.45, 2.75) is 0 Å². The zero-order valence-corrected chi connectivity index (χ0v) is 20.8. The molecular weight excluding hydrogens is 389 g/mol. The third kappa shape index (κ3) is 10.3. The van der Waals surface area contributed by atoms with Gasteiger partial charge in [-0.05, 0) is 0 Å². The van der Waals surface area contributed by atoms with E-state index in [9.17, 15) is 0 Å². The normalized spacial score (nSPS) is 9.56. The maximum Gasteiger partial charge on any atom is 0 e. The first-order valence-electron chi connectivity index (χ1n) is 11.7. The van der Waals surface area contributed by atoms with Gasteiger partial charge in [-0.15, -0.1) is 0 Å². The number of hydrogen-bond donors (Lipinski definition) is 0. The molecule has 0 amide bonds. The second-order valence-electron chi connectivity index (χ2n) is 9.81. The van der Waals surface area contributed by atoms with Crippen molar-refractivity contribution in [2.24, 2.45) is 0 Å². The predicted octanol–water partition coefficient (Wildman–Crippen LogP) is -13.7. The standard InChI is InChI=1S/B36/c1-20(2)29(19)34(30(21(3)4)22(5)6)36(33(27(15)16)28(17)18)35(31(23(7)8)24(9)10)32(25(11)12)26(13)14. The number of rotatable bonds is 16. The molecule has 0 aromatic rings. The van der Waals surface area contributed by atoms with Gasteiger partial charge in [-0.2, -0.15) is 0 Å². The summed E-state index contributed by atoms with van der Waals surface area (Å²) in [5.41, 5.74) is 0. The molecule has 38 radical (unpaired) electrons. The van der Waals surface area contributed by atoms with E-state index in [0.29, 0.717) is 0 Å². The van der Waals surface area contributed by atoms with Gasteiger partial charge in [0.2, 0.25) is 0 Å². The quantitative estimate of drug-likeness (QED) is 0.230. The van der Waals surface area contributed by atoms with Gasteiger partial charge in [0.25, 0.3) is 0 Å². The van der Waals surface area contributed by atoms with E-state index in [2.05, 4.69) is 0 Å². The molecule has 0 aliphatic heterocycles. The minimum atomic E-state index is -1.17. The average Bonchev–Trinajstić information content (AvgIpc) is 2.66. The lowest BCUT2D eigenvalue weighted by Gasteiger charge is -2.53. The van der Waals surface area contributed by atoms with Crippen molar-refractivity contribution < 1.29 is 0 Å². The van der Waals surface area contributed by atoms with E-state index < -0.39 is 109 Å². The van der Waals surface area contributed by atoms with Crippen LogP contribution in [-0.2, 0) is 0 Å². The first-order chi connectivity index (χ1) is 16.3. The molecule has 108 valence electrons. The largest absolute Gasteiger partial charge is 0 e. The molecule has 0 saturated heterocycles. The lowest BCUT2D eigenvalue weighted by molar-refractivity contribution is 3.23. The van der Waals surface area contributed by atoms with Gasteiger partial charge in [-0.3, -0.25) is 0 Å². The zero-order chi connectivity index (χ0) is 28.8. The molecule has 0 N–H and O–H groups in total. The van der Waals surface area contributed by atoms with Gasteiger partial charge in [-0.25, -0.2) is 0 Å². The Labute approximate surface area is 254 Å². The molecule has 0 aliphatic rings. The van der Waals surface area contributed by atoms with Crippen LogP contribution in [0.25, 0.3) is 0 Å². The van der Waals surface area contributed by atoms with E-state index in [0.717, 1.165) is 0 Å². The highest BCUT2D eigenvalue weighted by Crippen LogP contribution is 2.17.